The zero-order valence-electron chi connectivity index (χ0n) is 11.7. The largest absolute Gasteiger partial charge is 0.333 e. The lowest BCUT2D eigenvalue weighted by molar-refractivity contribution is 0.318. The van der Waals surface area contributed by atoms with Gasteiger partial charge in [-0.15, -0.1) is 0 Å². The molecule has 0 aromatic carbocycles. The summed E-state index contributed by atoms with van der Waals surface area (Å²) in [5.74, 6) is 0.402. The molecule has 2 heterocycles. The Balaban J connectivity index is 2.13. The Morgan fingerprint density at radius 3 is 2.74 bits per heavy atom. The van der Waals surface area contributed by atoms with Crippen molar-refractivity contribution in [2.75, 3.05) is 24.6 Å². The highest BCUT2D eigenvalue weighted by molar-refractivity contribution is 7.91. The molecule has 1 aromatic heterocycles. The summed E-state index contributed by atoms with van der Waals surface area (Å²) in [6.45, 7) is 6.46. The van der Waals surface area contributed by atoms with E-state index in [1.54, 1.807) is 13.3 Å². The maximum Gasteiger partial charge on any atom is 0.151 e. The number of hydrogen-bond acceptors (Lipinski definition) is 4. The highest BCUT2D eigenvalue weighted by atomic mass is 32.2. The Labute approximate surface area is 115 Å². The van der Waals surface area contributed by atoms with E-state index in [1.165, 1.54) is 5.69 Å². The summed E-state index contributed by atoms with van der Waals surface area (Å²) in [4.78, 5) is 4.22. The molecule has 1 fully saturated rings. The van der Waals surface area contributed by atoms with Crippen LogP contribution in [0.25, 0.3) is 0 Å². The molecule has 0 amide bonds. The maximum absolute atomic E-state index is 11.6. The van der Waals surface area contributed by atoms with Gasteiger partial charge in [0, 0.05) is 29.6 Å². The fourth-order valence-electron chi connectivity index (χ4n) is 2.62. The third-order valence-electron chi connectivity index (χ3n) is 4.12. The monoisotopic (exact) mass is 285 g/mol. The zero-order chi connectivity index (χ0) is 13.9. The van der Waals surface area contributed by atoms with Crippen molar-refractivity contribution >= 4 is 9.84 Å². The van der Waals surface area contributed by atoms with E-state index in [-0.39, 0.29) is 16.9 Å². The van der Waals surface area contributed by atoms with Crippen LogP contribution in [0.4, 0.5) is 0 Å². The summed E-state index contributed by atoms with van der Waals surface area (Å²) < 4.78 is 25.2. The minimum atomic E-state index is -2.92. The van der Waals surface area contributed by atoms with E-state index in [0.717, 1.165) is 25.9 Å². The van der Waals surface area contributed by atoms with Crippen molar-refractivity contribution in [1.82, 2.24) is 14.9 Å². The van der Waals surface area contributed by atoms with Crippen LogP contribution < -0.4 is 5.32 Å². The molecule has 0 saturated carbocycles. The number of imidazole rings is 1. The van der Waals surface area contributed by atoms with E-state index < -0.39 is 9.84 Å². The fraction of sp³-hybridized carbons (Fsp3) is 0.769. The summed E-state index contributed by atoms with van der Waals surface area (Å²) in [5, 5.41) is 3.36. The standard InChI is InChI=1S/C13H23N3O2S/c1-3-19(17,18)9-8-16-11-15-10-12(16)13(2)4-6-14-7-5-13/h10-11,14H,3-9H2,1-2H3. The minimum Gasteiger partial charge on any atom is -0.333 e. The predicted octanol–water partition coefficient (Wildman–Crippen LogP) is 0.959. The molecule has 108 valence electrons. The van der Waals surface area contributed by atoms with Crippen molar-refractivity contribution in [2.45, 2.75) is 38.6 Å². The van der Waals surface area contributed by atoms with Crippen molar-refractivity contribution in [3.63, 3.8) is 0 Å². The van der Waals surface area contributed by atoms with E-state index >= 15 is 0 Å². The average Bonchev–Trinajstić information content (AvgIpc) is 2.87. The van der Waals surface area contributed by atoms with Gasteiger partial charge in [-0.2, -0.15) is 0 Å². The van der Waals surface area contributed by atoms with Crippen LogP contribution in [-0.2, 0) is 21.8 Å². The van der Waals surface area contributed by atoms with E-state index in [1.807, 2.05) is 10.8 Å². The average molecular weight is 285 g/mol. The second-order valence-electron chi connectivity index (χ2n) is 5.52. The van der Waals surface area contributed by atoms with Gasteiger partial charge in [0.2, 0.25) is 0 Å². The summed E-state index contributed by atoms with van der Waals surface area (Å²) >= 11 is 0. The van der Waals surface area contributed by atoms with Crippen molar-refractivity contribution in [3.05, 3.63) is 18.2 Å². The summed E-state index contributed by atoms with van der Waals surface area (Å²) in [5.41, 5.74) is 1.28. The van der Waals surface area contributed by atoms with Crippen LogP contribution in [-0.4, -0.2) is 42.6 Å². The van der Waals surface area contributed by atoms with Crippen LogP contribution >= 0.6 is 0 Å². The highest BCUT2D eigenvalue weighted by Gasteiger charge is 2.31. The molecule has 1 aliphatic rings. The lowest BCUT2D eigenvalue weighted by Gasteiger charge is -2.34. The molecule has 0 atom stereocenters. The van der Waals surface area contributed by atoms with Gasteiger partial charge in [0.1, 0.15) is 0 Å². The molecular formula is C13H23N3O2S. The van der Waals surface area contributed by atoms with Gasteiger partial charge in [-0.05, 0) is 25.9 Å². The number of sulfone groups is 1. The second kappa shape index (κ2) is 5.63. The van der Waals surface area contributed by atoms with Crippen LogP contribution in [0.5, 0.6) is 0 Å². The molecule has 0 unspecified atom stereocenters. The number of hydrogen-bond donors (Lipinski definition) is 1. The minimum absolute atomic E-state index is 0.109. The first-order chi connectivity index (χ1) is 8.97. The van der Waals surface area contributed by atoms with Crippen molar-refractivity contribution < 1.29 is 8.42 Å². The molecule has 0 aliphatic carbocycles. The normalized spacial score (nSPS) is 19.5. The molecule has 0 radical (unpaired) electrons. The quantitative estimate of drug-likeness (QED) is 0.875. The van der Waals surface area contributed by atoms with E-state index in [2.05, 4.69) is 17.2 Å². The van der Waals surface area contributed by atoms with Crippen molar-refractivity contribution in [1.29, 1.82) is 0 Å². The zero-order valence-corrected chi connectivity index (χ0v) is 12.5. The summed E-state index contributed by atoms with van der Waals surface area (Å²) in [7, 11) is -2.92. The maximum atomic E-state index is 11.6. The van der Waals surface area contributed by atoms with E-state index in [0.29, 0.717) is 6.54 Å². The predicted molar refractivity (Wildman–Crippen MR) is 76.0 cm³/mol. The molecule has 5 nitrogen and oxygen atoms in total. The third-order valence-corrected chi connectivity index (χ3v) is 5.81. The topological polar surface area (TPSA) is 64.0 Å². The number of nitrogens with zero attached hydrogens (tertiary/aromatic N) is 2. The number of piperidine rings is 1. The van der Waals surface area contributed by atoms with Crippen LogP contribution in [0, 0.1) is 0 Å². The second-order valence-corrected chi connectivity index (χ2v) is 7.99. The van der Waals surface area contributed by atoms with Crippen LogP contribution in [0.1, 0.15) is 32.4 Å². The van der Waals surface area contributed by atoms with Crippen molar-refractivity contribution in [3.8, 4) is 0 Å². The lowest BCUT2D eigenvalue weighted by atomic mass is 9.78. The first-order valence-electron chi connectivity index (χ1n) is 6.89. The smallest absolute Gasteiger partial charge is 0.151 e. The molecule has 1 N–H and O–H groups in total. The van der Waals surface area contributed by atoms with Gasteiger partial charge in [-0.25, -0.2) is 13.4 Å². The number of aromatic nitrogens is 2. The first kappa shape index (κ1) is 14.5. The Bertz CT molecular complexity index is 516. The Morgan fingerprint density at radius 2 is 2.11 bits per heavy atom. The summed E-state index contributed by atoms with van der Waals surface area (Å²) in [6.07, 6.45) is 5.79. The van der Waals surface area contributed by atoms with E-state index in [9.17, 15) is 8.42 Å². The number of nitrogens with one attached hydrogen (secondary N) is 1. The summed E-state index contributed by atoms with van der Waals surface area (Å²) in [6, 6.07) is 0. The van der Waals surface area contributed by atoms with Gasteiger partial charge >= 0.3 is 0 Å². The molecule has 6 heteroatoms. The van der Waals surface area contributed by atoms with E-state index in [4.69, 9.17) is 0 Å². The molecule has 1 saturated heterocycles. The molecule has 2 rings (SSSR count). The molecule has 1 aliphatic heterocycles. The SMILES string of the molecule is CCS(=O)(=O)CCn1cncc1C1(C)CCNCC1. The first-order valence-corrected chi connectivity index (χ1v) is 8.71. The van der Waals surface area contributed by atoms with Crippen LogP contribution in [0.3, 0.4) is 0 Å². The Kier molecular flexibility index (Phi) is 4.30. The Hall–Kier alpha value is -0.880. The van der Waals surface area contributed by atoms with Gasteiger partial charge in [0.15, 0.2) is 9.84 Å². The van der Waals surface area contributed by atoms with Gasteiger partial charge in [-0.3, -0.25) is 0 Å². The third kappa shape index (κ3) is 3.36. The lowest BCUT2D eigenvalue weighted by Crippen LogP contribution is -2.39. The van der Waals surface area contributed by atoms with Gasteiger partial charge in [-0.1, -0.05) is 13.8 Å². The molecule has 19 heavy (non-hydrogen) atoms. The molecular weight excluding hydrogens is 262 g/mol. The molecule has 0 bridgehead atoms. The molecule has 1 aromatic rings. The van der Waals surface area contributed by atoms with Gasteiger partial charge < -0.3 is 9.88 Å². The Morgan fingerprint density at radius 1 is 1.42 bits per heavy atom. The van der Waals surface area contributed by atoms with Gasteiger partial charge in [0.05, 0.1) is 12.1 Å². The molecule has 0 spiro atoms. The fourth-order valence-corrected chi connectivity index (χ4v) is 3.38. The van der Waals surface area contributed by atoms with Crippen LogP contribution in [0.2, 0.25) is 0 Å². The van der Waals surface area contributed by atoms with Crippen molar-refractivity contribution in [2.24, 2.45) is 0 Å². The van der Waals surface area contributed by atoms with Gasteiger partial charge in [0.25, 0.3) is 0 Å². The number of rotatable bonds is 5. The van der Waals surface area contributed by atoms with Crippen LogP contribution in [0.15, 0.2) is 12.5 Å². The highest BCUT2D eigenvalue weighted by Crippen LogP contribution is 2.32. The number of aryl methyl sites for hydroxylation is 1.